The first-order chi connectivity index (χ1) is 14.4. The fourth-order valence-corrected chi connectivity index (χ4v) is 4.59. The number of aromatic amines is 1. The van der Waals surface area contributed by atoms with E-state index in [0.717, 1.165) is 32.0 Å². The summed E-state index contributed by atoms with van der Waals surface area (Å²) in [5.74, 6) is -0.0806. The van der Waals surface area contributed by atoms with E-state index in [1.807, 2.05) is 38.1 Å². The number of carbonyl (C=O) groups is 1. The molecule has 30 heavy (non-hydrogen) atoms. The van der Waals surface area contributed by atoms with Crippen LogP contribution in [0.15, 0.2) is 29.1 Å². The second-order valence-electron chi connectivity index (χ2n) is 7.25. The molecule has 8 nitrogen and oxygen atoms in total. The van der Waals surface area contributed by atoms with Crippen LogP contribution in [0.25, 0.3) is 21.3 Å². The van der Waals surface area contributed by atoms with Gasteiger partial charge in [0.1, 0.15) is 5.65 Å². The van der Waals surface area contributed by atoms with Gasteiger partial charge in [0.05, 0.1) is 15.9 Å². The molecule has 3 aromatic heterocycles. The second kappa shape index (κ2) is 8.27. The Morgan fingerprint density at radius 1 is 1.23 bits per heavy atom. The largest absolute Gasteiger partial charge is 0.360 e. The number of thiazole rings is 1. The number of aromatic nitrogens is 4. The van der Waals surface area contributed by atoms with E-state index >= 15 is 0 Å². The average molecular weight is 425 g/mol. The zero-order valence-electron chi connectivity index (χ0n) is 17.2. The smallest absolute Gasteiger partial charge is 0.253 e. The van der Waals surface area contributed by atoms with E-state index in [-0.39, 0.29) is 17.9 Å². The normalized spacial score (nSPS) is 11.3. The highest BCUT2D eigenvalue weighted by atomic mass is 32.1. The second-order valence-corrected chi connectivity index (χ2v) is 8.28. The zero-order valence-corrected chi connectivity index (χ0v) is 18.0. The standard InChI is InChI=1S/C21H24N6O2S/c1-12-14(20(29)25-19-18(12)13(2)26-27(19)3)8-9-17(28)22-10-11-23-21-24-15-6-4-5-7-16(15)30-21/h4-7H,8-11H2,1-3H3,(H,22,28)(H,23,24)(H,25,29). The summed E-state index contributed by atoms with van der Waals surface area (Å²) in [5, 5.41) is 12.3. The van der Waals surface area contributed by atoms with Crippen LogP contribution in [-0.4, -0.2) is 38.7 Å². The number of anilines is 1. The molecular formula is C21H24N6O2S. The van der Waals surface area contributed by atoms with Crippen LogP contribution >= 0.6 is 11.3 Å². The Morgan fingerprint density at radius 3 is 2.83 bits per heavy atom. The van der Waals surface area contributed by atoms with Crippen LogP contribution in [0.3, 0.4) is 0 Å². The molecule has 0 atom stereocenters. The summed E-state index contributed by atoms with van der Waals surface area (Å²) in [6.07, 6.45) is 0.651. The number of hydrogen-bond donors (Lipinski definition) is 3. The molecule has 0 unspecified atom stereocenters. The lowest BCUT2D eigenvalue weighted by atomic mass is 10.0. The highest BCUT2D eigenvalue weighted by Gasteiger charge is 2.15. The van der Waals surface area contributed by atoms with Crippen molar-refractivity contribution in [1.82, 2.24) is 25.1 Å². The van der Waals surface area contributed by atoms with Crippen LogP contribution < -0.4 is 16.2 Å². The van der Waals surface area contributed by atoms with Crippen molar-refractivity contribution in [3.8, 4) is 0 Å². The van der Waals surface area contributed by atoms with E-state index in [1.54, 1.807) is 23.1 Å². The number of rotatable bonds is 7. The number of nitrogens with zero attached hydrogens (tertiary/aromatic N) is 3. The minimum atomic E-state index is -0.159. The van der Waals surface area contributed by atoms with Crippen molar-refractivity contribution >= 4 is 43.6 Å². The summed E-state index contributed by atoms with van der Waals surface area (Å²) in [5.41, 5.74) is 3.92. The minimum Gasteiger partial charge on any atom is -0.360 e. The molecular weight excluding hydrogens is 400 g/mol. The first-order valence-electron chi connectivity index (χ1n) is 9.85. The molecule has 0 aliphatic rings. The molecule has 0 bridgehead atoms. The SMILES string of the molecule is Cc1nn(C)c2[nH]c(=O)c(CCC(=O)NCCNc3nc4ccccc4s3)c(C)c12. The third-order valence-corrected chi connectivity index (χ3v) is 6.17. The van der Waals surface area contributed by atoms with E-state index in [9.17, 15) is 9.59 Å². The molecule has 0 saturated heterocycles. The van der Waals surface area contributed by atoms with Gasteiger partial charge in [-0.1, -0.05) is 23.5 Å². The van der Waals surface area contributed by atoms with Crippen molar-refractivity contribution in [3.63, 3.8) is 0 Å². The van der Waals surface area contributed by atoms with E-state index in [0.29, 0.717) is 30.7 Å². The predicted octanol–water partition coefficient (Wildman–Crippen LogP) is 2.65. The van der Waals surface area contributed by atoms with Gasteiger partial charge in [0.2, 0.25) is 5.91 Å². The van der Waals surface area contributed by atoms with E-state index in [4.69, 9.17) is 0 Å². The minimum absolute atomic E-state index is 0.0806. The predicted molar refractivity (Wildman–Crippen MR) is 120 cm³/mol. The zero-order chi connectivity index (χ0) is 21.3. The summed E-state index contributed by atoms with van der Waals surface area (Å²) in [6, 6.07) is 7.97. The Bertz CT molecular complexity index is 1250. The van der Waals surface area contributed by atoms with Gasteiger partial charge in [-0.05, 0) is 38.0 Å². The molecule has 3 N–H and O–H groups in total. The van der Waals surface area contributed by atoms with Crippen molar-refractivity contribution in [2.24, 2.45) is 7.05 Å². The maximum atomic E-state index is 12.5. The maximum absolute atomic E-state index is 12.5. The monoisotopic (exact) mass is 424 g/mol. The number of fused-ring (bicyclic) bond motifs is 2. The van der Waals surface area contributed by atoms with E-state index in [2.05, 4.69) is 25.7 Å². The van der Waals surface area contributed by atoms with Gasteiger partial charge in [-0.15, -0.1) is 0 Å². The molecule has 4 rings (SSSR count). The van der Waals surface area contributed by atoms with Gasteiger partial charge in [-0.3, -0.25) is 14.3 Å². The summed E-state index contributed by atoms with van der Waals surface area (Å²) < 4.78 is 2.80. The molecule has 156 valence electrons. The molecule has 0 radical (unpaired) electrons. The molecule has 4 aromatic rings. The highest BCUT2D eigenvalue weighted by Crippen LogP contribution is 2.25. The molecule has 9 heteroatoms. The molecule has 0 saturated carbocycles. The van der Waals surface area contributed by atoms with Crippen LogP contribution in [0, 0.1) is 13.8 Å². The number of hydrogen-bond acceptors (Lipinski definition) is 6. The summed E-state index contributed by atoms with van der Waals surface area (Å²) in [6.45, 7) is 4.92. The van der Waals surface area contributed by atoms with Gasteiger partial charge < -0.3 is 15.6 Å². The quantitative estimate of drug-likeness (QED) is 0.396. The van der Waals surface area contributed by atoms with Gasteiger partial charge in [0, 0.05) is 37.5 Å². The first kappa shape index (κ1) is 20.1. The summed E-state index contributed by atoms with van der Waals surface area (Å²) in [4.78, 5) is 32.1. The summed E-state index contributed by atoms with van der Waals surface area (Å²) >= 11 is 1.59. The Labute approximate surface area is 177 Å². The van der Waals surface area contributed by atoms with Crippen molar-refractivity contribution < 1.29 is 4.79 Å². The topological polar surface area (TPSA) is 105 Å². The number of para-hydroxylation sites is 1. The highest BCUT2D eigenvalue weighted by molar-refractivity contribution is 7.22. The van der Waals surface area contributed by atoms with E-state index < -0.39 is 0 Å². The van der Waals surface area contributed by atoms with Crippen LogP contribution in [0.1, 0.15) is 23.2 Å². The van der Waals surface area contributed by atoms with E-state index in [1.165, 1.54) is 0 Å². The molecule has 0 aliphatic carbocycles. The Balaban J connectivity index is 1.30. The van der Waals surface area contributed by atoms with Gasteiger partial charge in [0.25, 0.3) is 5.56 Å². The molecule has 3 heterocycles. The van der Waals surface area contributed by atoms with Crippen molar-refractivity contribution in [1.29, 1.82) is 0 Å². The third kappa shape index (κ3) is 3.93. The molecule has 1 aromatic carbocycles. The maximum Gasteiger partial charge on any atom is 0.253 e. The number of benzene rings is 1. The third-order valence-electron chi connectivity index (χ3n) is 5.18. The first-order valence-corrected chi connectivity index (χ1v) is 10.7. The lowest BCUT2D eigenvalue weighted by Crippen LogP contribution is -2.29. The lowest BCUT2D eigenvalue weighted by Gasteiger charge is -2.08. The van der Waals surface area contributed by atoms with Crippen LogP contribution in [-0.2, 0) is 18.3 Å². The van der Waals surface area contributed by atoms with Gasteiger partial charge in [0.15, 0.2) is 5.13 Å². The Morgan fingerprint density at radius 2 is 2.03 bits per heavy atom. The average Bonchev–Trinajstić information content (AvgIpc) is 3.25. The fourth-order valence-electron chi connectivity index (χ4n) is 3.70. The van der Waals surface area contributed by atoms with Crippen molar-refractivity contribution in [2.45, 2.75) is 26.7 Å². The number of amides is 1. The summed E-state index contributed by atoms with van der Waals surface area (Å²) in [7, 11) is 1.81. The Hall–Kier alpha value is -3.20. The lowest BCUT2D eigenvalue weighted by molar-refractivity contribution is -0.120. The number of H-pyrrole nitrogens is 1. The van der Waals surface area contributed by atoms with Gasteiger partial charge >= 0.3 is 0 Å². The number of pyridine rings is 1. The number of nitrogens with one attached hydrogen (secondary N) is 3. The van der Waals surface area contributed by atoms with Crippen LogP contribution in [0.5, 0.6) is 0 Å². The van der Waals surface area contributed by atoms with Crippen molar-refractivity contribution in [3.05, 3.63) is 51.4 Å². The molecule has 0 aliphatic heterocycles. The van der Waals surface area contributed by atoms with Crippen LogP contribution in [0.4, 0.5) is 5.13 Å². The molecule has 0 spiro atoms. The van der Waals surface area contributed by atoms with Gasteiger partial charge in [-0.2, -0.15) is 5.10 Å². The van der Waals surface area contributed by atoms with Crippen molar-refractivity contribution in [2.75, 3.05) is 18.4 Å². The van der Waals surface area contributed by atoms with Gasteiger partial charge in [-0.25, -0.2) is 4.98 Å². The molecule has 0 fully saturated rings. The number of aryl methyl sites for hydroxylation is 3. The Kier molecular flexibility index (Phi) is 5.54. The fraction of sp³-hybridized carbons (Fsp3) is 0.333. The number of carbonyl (C=O) groups excluding carboxylic acids is 1. The molecule has 1 amide bonds. The van der Waals surface area contributed by atoms with Crippen LogP contribution in [0.2, 0.25) is 0 Å².